The lowest BCUT2D eigenvalue weighted by Crippen LogP contribution is -2.24. The van der Waals surface area contributed by atoms with Crippen LogP contribution >= 0.6 is 15.9 Å². The van der Waals surface area contributed by atoms with Gasteiger partial charge in [0.1, 0.15) is 18.1 Å². The van der Waals surface area contributed by atoms with E-state index in [2.05, 4.69) is 26.3 Å². The van der Waals surface area contributed by atoms with Gasteiger partial charge in [0.2, 0.25) is 0 Å². The third-order valence-electron chi connectivity index (χ3n) is 3.99. The second-order valence-corrected chi connectivity index (χ2v) is 7.16. The fraction of sp³-hybridized carbons (Fsp3) is 0.300. The van der Waals surface area contributed by atoms with E-state index >= 15 is 0 Å². The molecule has 1 amide bonds. The Morgan fingerprint density at radius 1 is 1.30 bits per heavy atom. The molecule has 1 aromatic carbocycles. The molecule has 0 bridgehead atoms. The fourth-order valence-electron chi connectivity index (χ4n) is 2.58. The standard InChI is InChI=1S/C20H22BrN3O3/c1-14-5-3-6-16(11-14)26-13-17-7-8-19(27-17)20(25)22-9-4-10-24-12-18(21)15(2)23-24/h3,5-8,11-12H,4,9-10,13H2,1-2H3,(H,22,25). The van der Waals surface area contributed by atoms with Gasteiger partial charge in [0.25, 0.3) is 5.91 Å². The van der Waals surface area contributed by atoms with Gasteiger partial charge < -0.3 is 14.5 Å². The van der Waals surface area contributed by atoms with Crippen molar-refractivity contribution < 1.29 is 13.9 Å². The van der Waals surface area contributed by atoms with Crippen LogP contribution in [0, 0.1) is 13.8 Å². The average molecular weight is 432 g/mol. The molecule has 0 unspecified atom stereocenters. The Kier molecular flexibility index (Phi) is 6.34. The minimum absolute atomic E-state index is 0.227. The van der Waals surface area contributed by atoms with Crippen LogP contribution in [0.2, 0.25) is 0 Å². The van der Waals surface area contributed by atoms with E-state index in [0.29, 0.717) is 12.3 Å². The molecule has 0 aliphatic heterocycles. The molecule has 142 valence electrons. The Hall–Kier alpha value is -2.54. The maximum absolute atomic E-state index is 12.2. The summed E-state index contributed by atoms with van der Waals surface area (Å²) in [4.78, 5) is 12.2. The van der Waals surface area contributed by atoms with Crippen molar-refractivity contribution in [1.29, 1.82) is 0 Å². The van der Waals surface area contributed by atoms with Crippen molar-refractivity contribution in [2.75, 3.05) is 6.54 Å². The summed E-state index contributed by atoms with van der Waals surface area (Å²) in [5.41, 5.74) is 2.08. The van der Waals surface area contributed by atoms with Crippen molar-refractivity contribution in [3.8, 4) is 5.75 Å². The zero-order valence-electron chi connectivity index (χ0n) is 15.4. The number of hydrogen-bond donors (Lipinski definition) is 1. The molecular formula is C20H22BrN3O3. The van der Waals surface area contributed by atoms with E-state index in [9.17, 15) is 4.79 Å². The summed E-state index contributed by atoms with van der Waals surface area (Å²) in [6.45, 7) is 5.52. The fourth-order valence-corrected chi connectivity index (χ4v) is 2.89. The van der Waals surface area contributed by atoms with E-state index < -0.39 is 0 Å². The summed E-state index contributed by atoms with van der Waals surface area (Å²) >= 11 is 3.44. The molecule has 27 heavy (non-hydrogen) atoms. The normalized spacial score (nSPS) is 10.8. The highest BCUT2D eigenvalue weighted by Crippen LogP contribution is 2.16. The highest BCUT2D eigenvalue weighted by atomic mass is 79.9. The molecule has 7 heteroatoms. The van der Waals surface area contributed by atoms with Gasteiger partial charge in [-0.1, -0.05) is 12.1 Å². The summed E-state index contributed by atoms with van der Waals surface area (Å²) in [5, 5.41) is 7.22. The minimum Gasteiger partial charge on any atom is -0.486 e. The summed E-state index contributed by atoms with van der Waals surface area (Å²) in [5.74, 6) is 1.45. The van der Waals surface area contributed by atoms with Crippen molar-refractivity contribution in [2.45, 2.75) is 33.4 Å². The predicted molar refractivity (Wildman–Crippen MR) is 106 cm³/mol. The zero-order valence-corrected chi connectivity index (χ0v) is 17.0. The lowest BCUT2D eigenvalue weighted by atomic mass is 10.2. The molecular weight excluding hydrogens is 410 g/mol. The van der Waals surface area contributed by atoms with Crippen LogP contribution in [0.1, 0.15) is 34.0 Å². The molecule has 1 N–H and O–H groups in total. The molecule has 6 nitrogen and oxygen atoms in total. The van der Waals surface area contributed by atoms with E-state index in [4.69, 9.17) is 9.15 Å². The first kappa shape index (κ1) is 19.2. The number of carbonyl (C=O) groups excluding carboxylic acids is 1. The van der Waals surface area contributed by atoms with Gasteiger partial charge in [0.05, 0.1) is 10.2 Å². The Labute approximate surface area is 166 Å². The number of amides is 1. The van der Waals surface area contributed by atoms with Crippen molar-refractivity contribution in [3.05, 3.63) is 69.8 Å². The molecule has 0 spiro atoms. The molecule has 0 aliphatic carbocycles. The van der Waals surface area contributed by atoms with E-state index in [-0.39, 0.29) is 18.3 Å². The number of hydrogen-bond acceptors (Lipinski definition) is 4. The summed E-state index contributed by atoms with van der Waals surface area (Å²) in [7, 11) is 0. The van der Waals surface area contributed by atoms with Crippen molar-refractivity contribution in [2.24, 2.45) is 0 Å². The van der Waals surface area contributed by atoms with Crippen molar-refractivity contribution in [3.63, 3.8) is 0 Å². The molecule has 2 heterocycles. The van der Waals surface area contributed by atoms with E-state index in [0.717, 1.165) is 34.4 Å². The van der Waals surface area contributed by atoms with Gasteiger partial charge in [-0.05, 0) is 66.0 Å². The van der Waals surface area contributed by atoms with Crippen molar-refractivity contribution >= 4 is 21.8 Å². The Morgan fingerprint density at radius 2 is 2.15 bits per heavy atom. The molecule has 0 saturated carbocycles. The second-order valence-electron chi connectivity index (χ2n) is 6.31. The van der Waals surface area contributed by atoms with Crippen LogP contribution in [-0.4, -0.2) is 22.2 Å². The van der Waals surface area contributed by atoms with Gasteiger partial charge in [0.15, 0.2) is 5.76 Å². The second kappa shape index (κ2) is 8.90. The molecule has 0 atom stereocenters. The van der Waals surface area contributed by atoms with Crippen LogP contribution in [0.5, 0.6) is 5.75 Å². The van der Waals surface area contributed by atoms with E-state index in [1.54, 1.807) is 12.1 Å². The molecule has 0 saturated heterocycles. The maximum Gasteiger partial charge on any atom is 0.286 e. The van der Waals surface area contributed by atoms with Gasteiger partial charge in [-0.2, -0.15) is 5.10 Å². The van der Waals surface area contributed by atoms with Crippen LogP contribution in [0.4, 0.5) is 0 Å². The largest absolute Gasteiger partial charge is 0.486 e. The minimum atomic E-state index is -0.227. The Balaban J connectivity index is 1.42. The number of halogens is 1. The summed E-state index contributed by atoms with van der Waals surface area (Å²) in [6, 6.07) is 11.2. The number of aryl methyl sites for hydroxylation is 3. The molecule has 0 radical (unpaired) electrons. The lowest BCUT2D eigenvalue weighted by Gasteiger charge is -2.05. The van der Waals surface area contributed by atoms with Crippen LogP contribution in [-0.2, 0) is 13.2 Å². The number of ether oxygens (including phenoxy) is 1. The Morgan fingerprint density at radius 3 is 2.89 bits per heavy atom. The van der Waals surface area contributed by atoms with Gasteiger partial charge >= 0.3 is 0 Å². The average Bonchev–Trinajstić information content (AvgIpc) is 3.24. The number of benzene rings is 1. The van der Waals surface area contributed by atoms with E-state index in [1.807, 2.05) is 49.0 Å². The third-order valence-corrected chi connectivity index (χ3v) is 4.77. The van der Waals surface area contributed by atoms with Crippen LogP contribution < -0.4 is 10.1 Å². The first-order valence-corrected chi connectivity index (χ1v) is 9.56. The quantitative estimate of drug-likeness (QED) is 0.541. The van der Waals surface area contributed by atoms with Gasteiger partial charge in [-0.15, -0.1) is 0 Å². The topological polar surface area (TPSA) is 69.3 Å². The molecule has 3 rings (SSSR count). The number of aromatic nitrogens is 2. The lowest BCUT2D eigenvalue weighted by molar-refractivity contribution is 0.0921. The number of furan rings is 1. The van der Waals surface area contributed by atoms with Crippen LogP contribution in [0.3, 0.4) is 0 Å². The summed E-state index contributed by atoms with van der Waals surface area (Å²) in [6.07, 6.45) is 2.72. The predicted octanol–water partition coefficient (Wildman–Crippen LogP) is 4.25. The SMILES string of the molecule is Cc1cccc(OCc2ccc(C(=O)NCCCn3cc(Br)c(C)n3)o2)c1. The maximum atomic E-state index is 12.2. The Bertz CT molecular complexity index is 897. The van der Waals surface area contributed by atoms with Gasteiger partial charge in [0, 0.05) is 19.3 Å². The van der Waals surface area contributed by atoms with Gasteiger partial charge in [-0.25, -0.2) is 0 Å². The monoisotopic (exact) mass is 431 g/mol. The highest BCUT2D eigenvalue weighted by molar-refractivity contribution is 9.10. The summed E-state index contributed by atoms with van der Waals surface area (Å²) < 4.78 is 14.1. The molecule has 0 aliphatic rings. The number of nitrogens with one attached hydrogen (secondary N) is 1. The van der Waals surface area contributed by atoms with E-state index in [1.165, 1.54) is 0 Å². The highest BCUT2D eigenvalue weighted by Gasteiger charge is 2.11. The molecule has 3 aromatic rings. The number of carbonyl (C=O) groups is 1. The number of rotatable bonds is 8. The van der Waals surface area contributed by atoms with Gasteiger partial charge in [-0.3, -0.25) is 9.48 Å². The zero-order chi connectivity index (χ0) is 19.2. The first-order valence-electron chi connectivity index (χ1n) is 8.77. The first-order chi connectivity index (χ1) is 13.0. The van der Waals surface area contributed by atoms with Crippen LogP contribution in [0.15, 0.2) is 51.5 Å². The smallest absolute Gasteiger partial charge is 0.286 e. The number of nitrogens with zero attached hydrogens (tertiary/aromatic N) is 2. The molecule has 2 aromatic heterocycles. The van der Waals surface area contributed by atoms with Crippen molar-refractivity contribution in [1.82, 2.24) is 15.1 Å². The van der Waals surface area contributed by atoms with Crippen LogP contribution in [0.25, 0.3) is 0 Å². The third kappa shape index (κ3) is 5.47. The molecule has 0 fully saturated rings.